The molecule has 0 aliphatic carbocycles. The number of rotatable bonds is 4. The summed E-state index contributed by atoms with van der Waals surface area (Å²) >= 11 is 0. The number of likely N-dealkylation sites (tertiary alicyclic amines) is 3. The molecule has 25 heavy (non-hydrogen) atoms. The number of carbonyl (C=O) groups is 2. The maximum atomic E-state index is 12.9. The summed E-state index contributed by atoms with van der Waals surface area (Å²) < 4.78 is 0. The smallest absolute Gasteiger partial charge is 0.320 e. The molecule has 3 saturated heterocycles. The highest BCUT2D eigenvalue weighted by Crippen LogP contribution is 2.24. The first kappa shape index (κ1) is 18.5. The number of amides is 3. The van der Waals surface area contributed by atoms with Gasteiger partial charge in [-0.25, -0.2) is 4.79 Å². The average molecular weight is 351 g/mol. The van der Waals surface area contributed by atoms with E-state index in [1.165, 1.54) is 0 Å². The van der Waals surface area contributed by atoms with Gasteiger partial charge in [0, 0.05) is 39.3 Å². The molecule has 6 nitrogen and oxygen atoms in total. The Morgan fingerprint density at radius 3 is 2.24 bits per heavy atom. The molecule has 3 aliphatic rings. The van der Waals surface area contributed by atoms with Crippen molar-refractivity contribution < 1.29 is 9.59 Å². The first-order valence-electron chi connectivity index (χ1n) is 10.2. The van der Waals surface area contributed by atoms with E-state index in [9.17, 15) is 9.59 Å². The molecule has 1 atom stereocenters. The van der Waals surface area contributed by atoms with Crippen LogP contribution >= 0.6 is 0 Å². The molecule has 0 bridgehead atoms. The zero-order chi connectivity index (χ0) is 17.6. The Bertz CT molecular complexity index is 456. The van der Waals surface area contributed by atoms with Crippen LogP contribution in [0.15, 0.2) is 0 Å². The summed E-state index contributed by atoms with van der Waals surface area (Å²) in [6.07, 6.45) is 6.31. The average Bonchev–Trinajstić information content (AvgIpc) is 3.20. The third kappa shape index (κ3) is 4.66. The van der Waals surface area contributed by atoms with Gasteiger partial charge in [-0.05, 0) is 57.5 Å². The van der Waals surface area contributed by atoms with E-state index >= 15 is 0 Å². The van der Waals surface area contributed by atoms with Gasteiger partial charge >= 0.3 is 6.03 Å². The fourth-order valence-corrected chi connectivity index (χ4v) is 4.43. The Kier molecular flexibility index (Phi) is 6.57. The molecule has 0 radical (unpaired) electrons. The van der Waals surface area contributed by atoms with Gasteiger partial charge in [0.05, 0.1) is 5.92 Å². The maximum absolute atomic E-state index is 12.9. The Labute approximate surface area is 151 Å². The predicted molar refractivity (Wildman–Crippen MR) is 98.3 cm³/mol. The van der Waals surface area contributed by atoms with E-state index in [0.29, 0.717) is 12.5 Å². The molecule has 3 rings (SSSR count). The number of carbonyl (C=O) groups excluding carboxylic acids is 2. The summed E-state index contributed by atoms with van der Waals surface area (Å²) in [5.41, 5.74) is 0. The van der Waals surface area contributed by atoms with E-state index < -0.39 is 0 Å². The Balaban J connectivity index is 1.48. The van der Waals surface area contributed by atoms with Crippen LogP contribution in [0.5, 0.6) is 0 Å². The number of urea groups is 1. The van der Waals surface area contributed by atoms with Crippen molar-refractivity contribution in [1.82, 2.24) is 20.0 Å². The first-order chi connectivity index (χ1) is 12.2. The minimum atomic E-state index is 0.00520. The molecule has 0 aromatic heterocycles. The molecule has 3 fully saturated rings. The van der Waals surface area contributed by atoms with Crippen molar-refractivity contribution in [2.24, 2.45) is 11.8 Å². The zero-order valence-corrected chi connectivity index (χ0v) is 15.7. The second-order valence-corrected chi connectivity index (χ2v) is 7.84. The fourth-order valence-electron chi connectivity index (χ4n) is 4.43. The molecule has 0 saturated carbocycles. The third-order valence-electron chi connectivity index (χ3n) is 6.03. The molecule has 0 spiro atoms. The van der Waals surface area contributed by atoms with Gasteiger partial charge in [0.1, 0.15) is 0 Å². The van der Waals surface area contributed by atoms with Gasteiger partial charge in [0.15, 0.2) is 0 Å². The highest BCUT2D eigenvalue weighted by atomic mass is 16.2. The summed E-state index contributed by atoms with van der Waals surface area (Å²) in [4.78, 5) is 31.5. The van der Waals surface area contributed by atoms with Crippen molar-refractivity contribution >= 4 is 11.9 Å². The standard InChI is InChI=1S/C19H34N4O2/c1-2-20-14-16-7-12-21(13-8-16)18(24)17-6-5-11-23(15-17)19(25)22-9-3-4-10-22/h16-17,20H,2-15H2,1H3. The molecule has 0 aromatic rings. The van der Waals surface area contributed by atoms with Gasteiger partial charge in [0.2, 0.25) is 5.91 Å². The molecular weight excluding hydrogens is 316 g/mol. The van der Waals surface area contributed by atoms with E-state index in [2.05, 4.69) is 17.1 Å². The minimum absolute atomic E-state index is 0.00520. The molecule has 0 aromatic carbocycles. The number of piperidine rings is 2. The topological polar surface area (TPSA) is 55.9 Å². The van der Waals surface area contributed by atoms with E-state index in [4.69, 9.17) is 0 Å². The van der Waals surface area contributed by atoms with Crippen LogP contribution in [0, 0.1) is 11.8 Å². The van der Waals surface area contributed by atoms with Crippen molar-refractivity contribution in [1.29, 1.82) is 0 Å². The quantitative estimate of drug-likeness (QED) is 0.841. The summed E-state index contributed by atoms with van der Waals surface area (Å²) in [6.45, 7) is 9.17. The van der Waals surface area contributed by atoms with Gasteiger partial charge < -0.3 is 20.0 Å². The van der Waals surface area contributed by atoms with Crippen molar-refractivity contribution in [2.45, 2.75) is 45.4 Å². The third-order valence-corrected chi connectivity index (χ3v) is 6.03. The van der Waals surface area contributed by atoms with Crippen LogP contribution in [0.4, 0.5) is 4.79 Å². The fraction of sp³-hybridized carbons (Fsp3) is 0.895. The summed E-state index contributed by atoms with van der Waals surface area (Å²) in [7, 11) is 0. The highest BCUT2D eigenvalue weighted by Gasteiger charge is 2.34. The number of nitrogens with zero attached hydrogens (tertiary/aromatic N) is 3. The molecule has 142 valence electrons. The van der Waals surface area contributed by atoms with E-state index in [0.717, 1.165) is 84.3 Å². The van der Waals surface area contributed by atoms with Gasteiger partial charge in [-0.1, -0.05) is 6.92 Å². The van der Waals surface area contributed by atoms with Crippen LogP contribution in [0.3, 0.4) is 0 Å². The van der Waals surface area contributed by atoms with Gasteiger partial charge in [-0.3, -0.25) is 4.79 Å². The van der Waals surface area contributed by atoms with E-state index in [1.807, 2.05) is 9.80 Å². The first-order valence-corrected chi connectivity index (χ1v) is 10.2. The summed E-state index contributed by atoms with van der Waals surface area (Å²) in [5.74, 6) is 0.982. The SMILES string of the molecule is CCNCC1CCN(C(=O)C2CCCN(C(=O)N3CCCC3)C2)CC1. The number of hydrogen-bond donors (Lipinski definition) is 1. The van der Waals surface area contributed by atoms with Crippen molar-refractivity contribution in [3.05, 3.63) is 0 Å². The monoisotopic (exact) mass is 350 g/mol. The minimum Gasteiger partial charge on any atom is -0.342 e. The highest BCUT2D eigenvalue weighted by molar-refractivity contribution is 5.81. The lowest BCUT2D eigenvalue weighted by Crippen LogP contribution is -2.51. The molecular formula is C19H34N4O2. The normalized spacial score (nSPS) is 25.5. The second kappa shape index (κ2) is 8.88. The maximum Gasteiger partial charge on any atom is 0.320 e. The largest absolute Gasteiger partial charge is 0.342 e. The zero-order valence-electron chi connectivity index (χ0n) is 15.7. The molecule has 3 heterocycles. The number of nitrogens with one attached hydrogen (secondary N) is 1. The molecule has 6 heteroatoms. The van der Waals surface area contributed by atoms with Crippen LogP contribution in [0.25, 0.3) is 0 Å². The van der Waals surface area contributed by atoms with Crippen molar-refractivity contribution in [3.8, 4) is 0 Å². The molecule has 3 amide bonds. The Morgan fingerprint density at radius 1 is 0.880 bits per heavy atom. The van der Waals surface area contributed by atoms with E-state index in [1.54, 1.807) is 0 Å². The Hall–Kier alpha value is -1.30. The lowest BCUT2D eigenvalue weighted by molar-refractivity contribution is -0.138. The molecule has 1 N–H and O–H groups in total. The van der Waals surface area contributed by atoms with Crippen LogP contribution in [-0.4, -0.2) is 79.0 Å². The van der Waals surface area contributed by atoms with Crippen LogP contribution in [0.1, 0.15) is 45.4 Å². The lowest BCUT2D eigenvalue weighted by Gasteiger charge is -2.38. The van der Waals surface area contributed by atoms with Crippen LogP contribution < -0.4 is 5.32 Å². The van der Waals surface area contributed by atoms with Gasteiger partial charge in [-0.15, -0.1) is 0 Å². The summed E-state index contributed by atoms with van der Waals surface area (Å²) in [5, 5.41) is 3.42. The lowest BCUT2D eigenvalue weighted by atomic mass is 9.93. The van der Waals surface area contributed by atoms with Gasteiger partial charge in [0.25, 0.3) is 0 Å². The summed E-state index contributed by atoms with van der Waals surface area (Å²) in [6, 6.07) is 0.152. The predicted octanol–water partition coefficient (Wildman–Crippen LogP) is 1.76. The van der Waals surface area contributed by atoms with E-state index in [-0.39, 0.29) is 17.9 Å². The number of hydrogen-bond acceptors (Lipinski definition) is 3. The van der Waals surface area contributed by atoms with Crippen molar-refractivity contribution in [3.63, 3.8) is 0 Å². The van der Waals surface area contributed by atoms with Crippen molar-refractivity contribution in [2.75, 3.05) is 52.4 Å². The molecule has 3 aliphatic heterocycles. The van der Waals surface area contributed by atoms with Crippen LogP contribution in [-0.2, 0) is 4.79 Å². The second-order valence-electron chi connectivity index (χ2n) is 7.84. The Morgan fingerprint density at radius 2 is 1.56 bits per heavy atom. The van der Waals surface area contributed by atoms with Crippen LogP contribution in [0.2, 0.25) is 0 Å². The van der Waals surface area contributed by atoms with Gasteiger partial charge in [-0.2, -0.15) is 0 Å². The molecule has 1 unspecified atom stereocenters.